The first-order chi connectivity index (χ1) is 22.9. The summed E-state index contributed by atoms with van der Waals surface area (Å²) in [6, 6.07) is 10.4. The lowest BCUT2D eigenvalue weighted by Gasteiger charge is -2.36. The van der Waals surface area contributed by atoms with E-state index in [2.05, 4.69) is 25.6 Å². The minimum atomic E-state index is -5.20. The smallest absolute Gasteiger partial charge is 0.445 e. The van der Waals surface area contributed by atoms with Crippen LogP contribution < -0.4 is 26.4 Å². The van der Waals surface area contributed by atoms with Gasteiger partial charge in [-0.3, -0.25) is 19.3 Å². The fourth-order valence-corrected chi connectivity index (χ4v) is 5.30. The normalized spacial score (nSPS) is 16.9. The second-order valence-corrected chi connectivity index (χ2v) is 12.6. The molecule has 1 aliphatic heterocycles. The average molecular weight is 694 g/mol. The number of hydrogen-bond acceptors (Lipinski definition) is 9. The maximum atomic E-state index is 13.4. The molecule has 6 N–H and O–H groups in total. The Bertz CT molecular complexity index is 1450. The molecule has 2 aromatic rings. The zero-order chi connectivity index (χ0) is 36.4. The molecule has 49 heavy (non-hydrogen) atoms. The van der Waals surface area contributed by atoms with E-state index in [-0.39, 0.29) is 36.8 Å². The lowest BCUT2D eigenvalue weighted by Crippen LogP contribution is -2.57. The highest BCUT2D eigenvalue weighted by molar-refractivity contribution is 5.90. The molecule has 0 spiro atoms. The van der Waals surface area contributed by atoms with Crippen molar-refractivity contribution in [3.05, 3.63) is 65.7 Å². The van der Waals surface area contributed by atoms with Gasteiger partial charge in [0, 0.05) is 12.1 Å². The molecule has 1 heterocycles. The van der Waals surface area contributed by atoms with Crippen LogP contribution in [0, 0.1) is 0 Å². The summed E-state index contributed by atoms with van der Waals surface area (Å²) in [4.78, 5) is 64.1. The third kappa shape index (κ3) is 12.4. The molecular weight excluding hydrogens is 651 g/mol. The summed E-state index contributed by atoms with van der Waals surface area (Å²) in [5, 5.41) is 18.8. The van der Waals surface area contributed by atoms with E-state index >= 15 is 0 Å². The highest BCUT2D eigenvalue weighted by Crippen LogP contribution is 2.26. The number of benzene rings is 2. The number of carbonyl (C=O) groups excluding carboxylic acids is 5. The predicted molar refractivity (Wildman–Crippen MR) is 170 cm³/mol. The van der Waals surface area contributed by atoms with Crippen LogP contribution in [0.1, 0.15) is 51.2 Å². The van der Waals surface area contributed by atoms with E-state index in [9.17, 15) is 42.3 Å². The first kappa shape index (κ1) is 38.7. The standard InChI is InChI=1S/C33H42F3N5O8/c1-32(2,3)41-15-7-10-25(41)29(45)38-18-26(42)23(16-20-11-13-22(14-12-20)49-30(46)33(34,35)36)39-28(44)24(17-27(37)43)40-31(47)48-19-21-8-5-4-6-9-21/h4-6,8-9,11-14,23-26,42H,7,10,15-19H2,1-3H3,(H2,37,43)(H,38,45)(H,39,44)(H,40,47)/t23-,24-,25-,26+/m0/s1. The van der Waals surface area contributed by atoms with Crippen molar-refractivity contribution >= 4 is 29.8 Å². The Hall–Kier alpha value is -4.70. The van der Waals surface area contributed by atoms with Crippen molar-refractivity contribution in [1.29, 1.82) is 0 Å². The van der Waals surface area contributed by atoms with E-state index < -0.39 is 60.7 Å². The van der Waals surface area contributed by atoms with Gasteiger partial charge in [-0.1, -0.05) is 42.5 Å². The number of carbonyl (C=O) groups is 5. The number of alkyl carbamates (subject to hydrolysis) is 1. The van der Waals surface area contributed by atoms with Gasteiger partial charge in [0.25, 0.3) is 0 Å². The molecule has 0 radical (unpaired) electrons. The van der Waals surface area contributed by atoms with E-state index in [1.54, 1.807) is 30.3 Å². The number of amides is 4. The summed E-state index contributed by atoms with van der Waals surface area (Å²) < 4.78 is 47.3. The van der Waals surface area contributed by atoms with Crippen molar-refractivity contribution in [3.8, 4) is 5.75 Å². The molecule has 268 valence electrons. The molecule has 4 amide bonds. The number of aliphatic hydroxyl groups is 1. The first-order valence-electron chi connectivity index (χ1n) is 15.6. The van der Waals surface area contributed by atoms with E-state index in [0.717, 1.165) is 25.1 Å². The molecule has 0 bridgehead atoms. The van der Waals surface area contributed by atoms with E-state index in [1.165, 1.54) is 12.1 Å². The van der Waals surface area contributed by atoms with Crippen LogP contribution in [-0.2, 0) is 36.9 Å². The van der Waals surface area contributed by atoms with Gasteiger partial charge >= 0.3 is 18.2 Å². The zero-order valence-electron chi connectivity index (χ0n) is 27.4. The SMILES string of the molecule is CC(C)(C)N1CCC[C@H]1C(=O)NC[C@@H](O)[C@H](Cc1ccc(OC(=O)C(F)(F)F)cc1)NC(=O)[C@H](CC(N)=O)NC(=O)OCc1ccccc1. The van der Waals surface area contributed by atoms with Crippen LogP contribution in [0.5, 0.6) is 5.75 Å². The quantitative estimate of drug-likeness (QED) is 0.146. The van der Waals surface area contributed by atoms with Gasteiger partial charge in [0.1, 0.15) is 18.4 Å². The van der Waals surface area contributed by atoms with Crippen LogP contribution in [0.15, 0.2) is 54.6 Å². The minimum absolute atomic E-state index is 0.124. The van der Waals surface area contributed by atoms with E-state index in [0.29, 0.717) is 17.5 Å². The van der Waals surface area contributed by atoms with Gasteiger partial charge in [0.15, 0.2) is 0 Å². The number of nitrogens with two attached hydrogens (primary N) is 1. The fraction of sp³-hybridized carbons (Fsp3) is 0.485. The van der Waals surface area contributed by atoms with Crippen molar-refractivity contribution in [2.45, 2.75) is 89.0 Å². The van der Waals surface area contributed by atoms with Gasteiger partial charge in [-0.2, -0.15) is 13.2 Å². The second-order valence-electron chi connectivity index (χ2n) is 12.6. The van der Waals surface area contributed by atoms with Crippen molar-refractivity contribution in [1.82, 2.24) is 20.9 Å². The number of esters is 1. The number of likely N-dealkylation sites (tertiary alicyclic amines) is 1. The van der Waals surface area contributed by atoms with Gasteiger partial charge in [-0.15, -0.1) is 0 Å². The van der Waals surface area contributed by atoms with Crippen LogP contribution in [0.3, 0.4) is 0 Å². The summed E-state index contributed by atoms with van der Waals surface area (Å²) in [6.07, 6.45) is -6.95. The predicted octanol–water partition coefficient (Wildman–Crippen LogP) is 2.09. The fourth-order valence-electron chi connectivity index (χ4n) is 5.30. The molecule has 0 aromatic heterocycles. The maximum absolute atomic E-state index is 13.4. The van der Waals surface area contributed by atoms with Crippen molar-refractivity contribution < 1.29 is 51.7 Å². The van der Waals surface area contributed by atoms with Gasteiger partial charge in [0.05, 0.1) is 24.6 Å². The largest absolute Gasteiger partial charge is 0.491 e. The van der Waals surface area contributed by atoms with Crippen molar-refractivity contribution in [3.63, 3.8) is 0 Å². The number of primary amides is 1. The molecule has 2 aromatic carbocycles. The zero-order valence-corrected chi connectivity index (χ0v) is 27.4. The molecule has 1 saturated heterocycles. The molecule has 13 nitrogen and oxygen atoms in total. The number of nitrogens with zero attached hydrogens (tertiary/aromatic N) is 1. The van der Waals surface area contributed by atoms with E-state index in [1.807, 2.05) is 20.8 Å². The summed E-state index contributed by atoms with van der Waals surface area (Å²) >= 11 is 0. The van der Waals surface area contributed by atoms with Crippen molar-refractivity contribution in [2.75, 3.05) is 13.1 Å². The van der Waals surface area contributed by atoms with Gasteiger partial charge < -0.3 is 36.3 Å². The molecule has 4 atom stereocenters. The Morgan fingerprint density at radius 3 is 2.22 bits per heavy atom. The number of ether oxygens (including phenoxy) is 2. The molecule has 0 aliphatic carbocycles. The number of aliphatic hydroxyl groups excluding tert-OH is 1. The Labute approximate surface area is 281 Å². The Kier molecular flexibility index (Phi) is 13.5. The van der Waals surface area contributed by atoms with Gasteiger partial charge in [0.2, 0.25) is 17.7 Å². The number of halogens is 3. The third-order valence-electron chi connectivity index (χ3n) is 7.74. The van der Waals surface area contributed by atoms with Gasteiger partial charge in [-0.05, 0) is 69.8 Å². The summed E-state index contributed by atoms with van der Waals surface area (Å²) in [5.41, 5.74) is 6.10. The highest BCUT2D eigenvalue weighted by Gasteiger charge is 2.41. The second kappa shape index (κ2) is 17.1. The van der Waals surface area contributed by atoms with Crippen LogP contribution in [0.25, 0.3) is 0 Å². The van der Waals surface area contributed by atoms with E-state index in [4.69, 9.17) is 10.5 Å². The number of hydrogen-bond donors (Lipinski definition) is 5. The summed E-state index contributed by atoms with van der Waals surface area (Å²) in [6.45, 7) is 6.26. The van der Waals surface area contributed by atoms with Crippen LogP contribution >= 0.6 is 0 Å². The number of nitrogens with one attached hydrogen (secondary N) is 3. The van der Waals surface area contributed by atoms with Crippen LogP contribution in [-0.4, -0.2) is 88.8 Å². The molecular formula is C33H42F3N5O8. The molecule has 1 fully saturated rings. The maximum Gasteiger partial charge on any atom is 0.491 e. The molecule has 16 heteroatoms. The first-order valence-corrected chi connectivity index (χ1v) is 15.6. The minimum Gasteiger partial charge on any atom is -0.445 e. The van der Waals surface area contributed by atoms with Crippen molar-refractivity contribution in [2.24, 2.45) is 5.73 Å². The summed E-state index contributed by atoms with van der Waals surface area (Å²) in [5.74, 6) is -4.94. The Morgan fingerprint density at radius 2 is 1.63 bits per heavy atom. The number of rotatable bonds is 14. The molecule has 3 rings (SSSR count). The number of alkyl halides is 3. The summed E-state index contributed by atoms with van der Waals surface area (Å²) in [7, 11) is 0. The third-order valence-corrected chi connectivity index (χ3v) is 7.74. The highest BCUT2D eigenvalue weighted by atomic mass is 19.4. The van der Waals surface area contributed by atoms with Crippen LogP contribution in [0.4, 0.5) is 18.0 Å². The monoisotopic (exact) mass is 693 g/mol. The molecule has 1 aliphatic rings. The molecule has 0 unspecified atom stereocenters. The lowest BCUT2D eigenvalue weighted by atomic mass is 9.99. The van der Waals surface area contributed by atoms with Crippen LogP contribution in [0.2, 0.25) is 0 Å². The lowest BCUT2D eigenvalue weighted by molar-refractivity contribution is -0.189. The topological polar surface area (TPSA) is 189 Å². The molecule has 0 saturated carbocycles. The Morgan fingerprint density at radius 1 is 0.980 bits per heavy atom. The van der Waals surface area contributed by atoms with Gasteiger partial charge in [-0.25, -0.2) is 9.59 Å². The Balaban J connectivity index is 1.75. The average Bonchev–Trinajstić information content (AvgIpc) is 3.54.